The maximum absolute atomic E-state index is 13.2. The number of carbonyl (C=O) groups excluding carboxylic acids is 1. The van der Waals surface area contributed by atoms with Crippen LogP contribution in [-0.2, 0) is 22.4 Å². The van der Waals surface area contributed by atoms with E-state index in [0.717, 1.165) is 69.6 Å². The summed E-state index contributed by atoms with van der Waals surface area (Å²) in [5.41, 5.74) is 4.63. The summed E-state index contributed by atoms with van der Waals surface area (Å²) in [6.07, 6.45) is 4.84. The molecule has 3 atom stereocenters. The van der Waals surface area contributed by atoms with Crippen molar-refractivity contribution in [3.8, 4) is 11.3 Å². The summed E-state index contributed by atoms with van der Waals surface area (Å²) in [4.78, 5) is 15.3. The number of benzene rings is 1. The average molecular weight is 417 g/mol. The lowest BCUT2D eigenvalue weighted by molar-refractivity contribution is -0.139. The van der Waals surface area contributed by atoms with Gasteiger partial charge in [0.2, 0.25) is 5.91 Å². The molecule has 2 aromatic rings. The molecular weight excluding hydrogens is 388 g/mol. The molecule has 1 amide bonds. The zero-order valence-corrected chi connectivity index (χ0v) is 17.4. The quantitative estimate of drug-likeness (QED) is 0.789. The van der Waals surface area contributed by atoms with Crippen LogP contribution in [0.25, 0.3) is 11.3 Å². The number of nitrogens with zero attached hydrogens (tertiary/aromatic N) is 2. The molecule has 0 bridgehead atoms. The fourth-order valence-electron chi connectivity index (χ4n) is 5.03. The van der Waals surface area contributed by atoms with Gasteiger partial charge in [-0.2, -0.15) is 5.10 Å². The van der Waals surface area contributed by atoms with Crippen LogP contribution in [0.3, 0.4) is 0 Å². The minimum atomic E-state index is 0. The molecule has 2 fully saturated rings. The maximum atomic E-state index is 13.2. The number of ether oxygens (including phenoxy) is 1. The molecule has 5 rings (SSSR count). The van der Waals surface area contributed by atoms with E-state index in [-0.39, 0.29) is 18.3 Å². The van der Waals surface area contributed by atoms with Crippen molar-refractivity contribution in [2.24, 2.45) is 5.92 Å². The average Bonchev–Trinajstić information content (AvgIpc) is 3.05. The Bertz CT molecular complexity index is 841. The van der Waals surface area contributed by atoms with Gasteiger partial charge in [0, 0.05) is 54.8 Å². The first-order valence-corrected chi connectivity index (χ1v) is 10.5. The Labute approximate surface area is 177 Å². The van der Waals surface area contributed by atoms with Gasteiger partial charge in [-0.15, -0.1) is 12.4 Å². The van der Waals surface area contributed by atoms with E-state index in [9.17, 15) is 4.79 Å². The first-order valence-electron chi connectivity index (χ1n) is 10.5. The van der Waals surface area contributed by atoms with E-state index in [2.05, 4.69) is 32.5 Å². The second kappa shape index (κ2) is 8.86. The number of carbonyl (C=O) groups is 1. The first kappa shape index (κ1) is 20.4. The predicted molar refractivity (Wildman–Crippen MR) is 114 cm³/mol. The lowest BCUT2D eigenvalue weighted by atomic mass is 9.82. The lowest BCUT2D eigenvalue weighted by Gasteiger charge is -2.40. The van der Waals surface area contributed by atoms with Gasteiger partial charge in [0.15, 0.2) is 0 Å². The molecule has 3 heterocycles. The zero-order chi connectivity index (χ0) is 18.9. The minimum absolute atomic E-state index is 0. The van der Waals surface area contributed by atoms with Crippen molar-refractivity contribution >= 4 is 18.3 Å². The summed E-state index contributed by atoms with van der Waals surface area (Å²) >= 11 is 0. The van der Waals surface area contributed by atoms with Crippen LogP contribution in [0.1, 0.15) is 30.5 Å². The molecule has 2 N–H and O–H groups in total. The Kier molecular flexibility index (Phi) is 6.23. The Hall–Kier alpha value is -1.89. The van der Waals surface area contributed by atoms with Crippen LogP contribution in [0.15, 0.2) is 30.3 Å². The molecular formula is C22H29ClN4O2. The second-order valence-electron chi connectivity index (χ2n) is 8.20. The summed E-state index contributed by atoms with van der Waals surface area (Å²) in [6, 6.07) is 10.6. The van der Waals surface area contributed by atoms with Gasteiger partial charge >= 0.3 is 0 Å². The highest BCUT2D eigenvalue weighted by Crippen LogP contribution is 2.31. The summed E-state index contributed by atoms with van der Waals surface area (Å²) in [5.74, 6) is 0.448. The minimum Gasteiger partial charge on any atom is -0.375 e. The normalized spacial score (nSPS) is 26.6. The number of rotatable bonds is 2. The zero-order valence-electron chi connectivity index (χ0n) is 16.6. The van der Waals surface area contributed by atoms with Crippen molar-refractivity contribution in [3.05, 3.63) is 41.6 Å². The van der Waals surface area contributed by atoms with Gasteiger partial charge in [0.25, 0.3) is 0 Å². The van der Waals surface area contributed by atoms with Crippen molar-refractivity contribution in [1.29, 1.82) is 0 Å². The van der Waals surface area contributed by atoms with Crippen LogP contribution in [0.2, 0.25) is 0 Å². The van der Waals surface area contributed by atoms with Gasteiger partial charge in [0.05, 0.1) is 18.4 Å². The van der Waals surface area contributed by atoms with Gasteiger partial charge in [-0.25, -0.2) is 0 Å². The summed E-state index contributed by atoms with van der Waals surface area (Å²) in [6.45, 7) is 3.24. The molecule has 156 valence electrons. The topological polar surface area (TPSA) is 70.2 Å². The van der Waals surface area contributed by atoms with E-state index in [1.54, 1.807) is 0 Å². The number of morpholine rings is 1. The summed E-state index contributed by atoms with van der Waals surface area (Å²) in [5, 5.41) is 11.3. The summed E-state index contributed by atoms with van der Waals surface area (Å²) in [7, 11) is 0. The maximum Gasteiger partial charge on any atom is 0.225 e. The van der Waals surface area contributed by atoms with E-state index < -0.39 is 0 Å². The number of amides is 1. The van der Waals surface area contributed by atoms with Gasteiger partial charge in [0.1, 0.15) is 0 Å². The largest absolute Gasteiger partial charge is 0.375 e. The van der Waals surface area contributed by atoms with Gasteiger partial charge in [-0.1, -0.05) is 30.3 Å². The smallest absolute Gasteiger partial charge is 0.225 e. The molecule has 1 saturated heterocycles. The SMILES string of the molecule is Cl.O=C([C@H]1CC[C@H]2OCCN[C@@H]2C1)N1CCc2[nH]nc(-c3ccccc3)c2CC1. The van der Waals surface area contributed by atoms with Crippen molar-refractivity contribution in [1.82, 2.24) is 20.4 Å². The van der Waals surface area contributed by atoms with Crippen molar-refractivity contribution < 1.29 is 9.53 Å². The fraction of sp³-hybridized carbons (Fsp3) is 0.545. The van der Waals surface area contributed by atoms with Crippen LogP contribution >= 0.6 is 12.4 Å². The molecule has 29 heavy (non-hydrogen) atoms. The van der Waals surface area contributed by atoms with E-state index >= 15 is 0 Å². The fourth-order valence-corrected chi connectivity index (χ4v) is 5.03. The number of aromatic nitrogens is 2. The third-order valence-corrected chi connectivity index (χ3v) is 6.55. The molecule has 3 aliphatic rings. The monoisotopic (exact) mass is 416 g/mol. The first-order chi connectivity index (χ1) is 13.8. The molecule has 7 heteroatoms. The number of aromatic amines is 1. The molecule has 0 unspecified atom stereocenters. The number of hydrogen-bond donors (Lipinski definition) is 2. The Morgan fingerprint density at radius 3 is 2.83 bits per heavy atom. The van der Waals surface area contributed by atoms with Crippen LogP contribution in [0.4, 0.5) is 0 Å². The van der Waals surface area contributed by atoms with Gasteiger partial charge < -0.3 is 15.0 Å². The second-order valence-corrected chi connectivity index (χ2v) is 8.20. The molecule has 2 aliphatic heterocycles. The molecule has 0 spiro atoms. The predicted octanol–water partition coefficient (Wildman–Crippen LogP) is 2.58. The van der Waals surface area contributed by atoms with Crippen LogP contribution < -0.4 is 5.32 Å². The third-order valence-electron chi connectivity index (χ3n) is 6.55. The number of fused-ring (bicyclic) bond motifs is 2. The third kappa shape index (κ3) is 4.06. The van der Waals surface area contributed by atoms with Crippen LogP contribution in [0, 0.1) is 5.92 Å². The molecule has 1 saturated carbocycles. The van der Waals surface area contributed by atoms with Crippen molar-refractivity contribution in [2.45, 2.75) is 44.2 Å². The number of nitrogens with one attached hydrogen (secondary N) is 2. The Balaban J connectivity index is 0.00000205. The molecule has 6 nitrogen and oxygen atoms in total. The molecule has 1 aromatic heterocycles. The van der Waals surface area contributed by atoms with E-state index in [4.69, 9.17) is 4.74 Å². The van der Waals surface area contributed by atoms with E-state index in [1.807, 2.05) is 18.2 Å². The number of hydrogen-bond acceptors (Lipinski definition) is 4. The summed E-state index contributed by atoms with van der Waals surface area (Å²) < 4.78 is 5.86. The molecule has 1 aliphatic carbocycles. The number of H-pyrrole nitrogens is 1. The molecule has 1 aromatic carbocycles. The van der Waals surface area contributed by atoms with E-state index in [0.29, 0.717) is 18.1 Å². The Morgan fingerprint density at radius 1 is 1.14 bits per heavy atom. The van der Waals surface area contributed by atoms with E-state index in [1.165, 1.54) is 11.3 Å². The highest BCUT2D eigenvalue weighted by molar-refractivity contribution is 5.85. The van der Waals surface area contributed by atoms with Crippen molar-refractivity contribution in [3.63, 3.8) is 0 Å². The molecule has 0 radical (unpaired) electrons. The highest BCUT2D eigenvalue weighted by Gasteiger charge is 2.37. The lowest BCUT2D eigenvalue weighted by Crippen LogP contribution is -2.53. The number of halogens is 1. The van der Waals surface area contributed by atoms with Crippen molar-refractivity contribution in [2.75, 3.05) is 26.2 Å². The Morgan fingerprint density at radius 2 is 1.97 bits per heavy atom. The van der Waals surface area contributed by atoms with Gasteiger partial charge in [-0.3, -0.25) is 9.89 Å². The van der Waals surface area contributed by atoms with Crippen LogP contribution in [0.5, 0.6) is 0 Å². The van der Waals surface area contributed by atoms with Gasteiger partial charge in [-0.05, 0) is 25.7 Å². The van der Waals surface area contributed by atoms with Crippen LogP contribution in [-0.4, -0.2) is 59.4 Å². The highest BCUT2D eigenvalue weighted by atomic mass is 35.5. The standard InChI is InChI=1S/C22H28N4O2.ClH/c27-22(16-6-7-20-19(14-16)23-10-13-28-20)26-11-8-17-18(9-12-26)24-25-21(17)15-4-2-1-3-5-15;/h1-5,16,19-20,23H,6-14H2,(H,24,25);1H/t16-,19+,20+;/m0./s1.